The smallest absolute Gasteiger partial charge is 0.321 e. The second kappa shape index (κ2) is 9.34. The molecule has 8 heteroatoms. The minimum Gasteiger partial charge on any atom is -0.497 e. The maximum absolute atomic E-state index is 12.5. The molecule has 2 heterocycles. The summed E-state index contributed by atoms with van der Waals surface area (Å²) in [6, 6.07) is 18.8. The van der Waals surface area contributed by atoms with Crippen molar-refractivity contribution >= 4 is 17.5 Å². The van der Waals surface area contributed by atoms with E-state index in [0.29, 0.717) is 37.6 Å². The van der Waals surface area contributed by atoms with Gasteiger partial charge < -0.3 is 24.6 Å². The first-order valence-electron chi connectivity index (χ1n) is 10.1. The Bertz CT molecular complexity index is 1020. The summed E-state index contributed by atoms with van der Waals surface area (Å²) in [5.41, 5.74) is 2.33. The average Bonchev–Trinajstić information content (AvgIpc) is 2.84. The Kier molecular flexibility index (Phi) is 6.16. The number of carbonyl (C=O) groups excluding carboxylic acids is 1. The maximum atomic E-state index is 12.5. The van der Waals surface area contributed by atoms with Crippen molar-refractivity contribution in [2.45, 2.75) is 0 Å². The lowest BCUT2D eigenvalue weighted by atomic mass is 10.1. The first-order valence-corrected chi connectivity index (χ1v) is 10.1. The fourth-order valence-electron chi connectivity index (χ4n) is 3.51. The van der Waals surface area contributed by atoms with Crippen molar-refractivity contribution < 1.29 is 14.3 Å². The molecule has 0 saturated carbocycles. The molecule has 1 saturated heterocycles. The lowest BCUT2D eigenvalue weighted by Crippen LogP contribution is -2.50. The zero-order chi connectivity index (χ0) is 21.6. The van der Waals surface area contributed by atoms with Gasteiger partial charge in [0.05, 0.1) is 19.9 Å². The molecule has 1 aliphatic heterocycles. The number of anilines is 2. The summed E-state index contributed by atoms with van der Waals surface area (Å²) < 4.78 is 10.8. The molecule has 0 bridgehead atoms. The van der Waals surface area contributed by atoms with Crippen molar-refractivity contribution in [3.05, 3.63) is 60.7 Å². The Morgan fingerprint density at radius 1 is 0.903 bits per heavy atom. The molecule has 4 rings (SSSR count). The van der Waals surface area contributed by atoms with Gasteiger partial charge in [0.2, 0.25) is 0 Å². The van der Waals surface area contributed by atoms with Crippen molar-refractivity contribution in [2.75, 3.05) is 50.6 Å². The van der Waals surface area contributed by atoms with Crippen LogP contribution in [0.5, 0.6) is 11.5 Å². The third kappa shape index (κ3) is 4.69. The van der Waals surface area contributed by atoms with Gasteiger partial charge in [-0.25, -0.2) is 4.79 Å². The number of amides is 2. The lowest BCUT2D eigenvalue weighted by Gasteiger charge is -2.35. The summed E-state index contributed by atoms with van der Waals surface area (Å²) in [4.78, 5) is 16.4. The van der Waals surface area contributed by atoms with E-state index in [1.165, 1.54) is 0 Å². The van der Waals surface area contributed by atoms with E-state index in [1.807, 2.05) is 65.6 Å². The van der Waals surface area contributed by atoms with E-state index in [9.17, 15) is 4.79 Å². The Balaban J connectivity index is 1.39. The van der Waals surface area contributed by atoms with E-state index in [4.69, 9.17) is 9.47 Å². The quantitative estimate of drug-likeness (QED) is 0.682. The van der Waals surface area contributed by atoms with Gasteiger partial charge in [0.25, 0.3) is 0 Å². The maximum Gasteiger partial charge on any atom is 0.321 e. The number of piperazine rings is 1. The highest BCUT2D eigenvalue weighted by atomic mass is 16.5. The molecular weight excluding hydrogens is 394 g/mol. The predicted molar refractivity (Wildman–Crippen MR) is 120 cm³/mol. The topological polar surface area (TPSA) is 79.8 Å². The number of nitrogens with one attached hydrogen (secondary N) is 1. The Labute approximate surface area is 181 Å². The number of carbonyl (C=O) groups is 1. The number of methoxy groups -OCH3 is 2. The highest BCUT2D eigenvalue weighted by molar-refractivity contribution is 5.89. The molecule has 0 atom stereocenters. The van der Waals surface area contributed by atoms with Crippen LogP contribution in [0.2, 0.25) is 0 Å². The molecule has 160 valence electrons. The fraction of sp³-hybridized carbons (Fsp3) is 0.261. The number of hydrogen-bond acceptors (Lipinski definition) is 6. The second-order valence-corrected chi connectivity index (χ2v) is 7.11. The lowest BCUT2D eigenvalue weighted by molar-refractivity contribution is 0.208. The number of rotatable bonds is 5. The number of ether oxygens (including phenoxy) is 2. The van der Waals surface area contributed by atoms with Crippen molar-refractivity contribution in [3.8, 4) is 22.8 Å². The van der Waals surface area contributed by atoms with E-state index in [1.54, 1.807) is 14.2 Å². The van der Waals surface area contributed by atoms with E-state index < -0.39 is 0 Å². The summed E-state index contributed by atoms with van der Waals surface area (Å²) in [6.45, 7) is 2.62. The number of para-hydroxylation sites is 1. The highest BCUT2D eigenvalue weighted by Crippen LogP contribution is 2.32. The van der Waals surface area contributed by atoms with Crippen molar-refractivity contribution in [1.29, 1.82) is 0 Å². The van der Waals surface area contributed by atoms with Crippen LogP contribution in [0.3, 0.4) is 0 Å². The first kappa shape index (κ1) is 20.5. The molecule has 1 aromatic heterocycles. The number of aromatic nitrogens is 2. The van der Waals surface area contributed by atoms with Gasteiger partial charge in [-0.15, -0.1) is 10.2 Å². The van der Waals surface area contributed by atoms with Crippen LogP contribution in [0, 0.1) is 0 Å². The minimum atomic E-state index is -0.0857. The summed E-state index contributed by atoms with van der Waals surface area (Å²) >= 11 is 0. The fourth-order valence-corrected chi connectivity index (χ4v) is 3.51. The first-order chi connectivity index (χ1) is 15.2. The van der Waals surface area contributed by atoms with Gasteiger partial charge in [0.15, 0.2) is 5.82 Å². The molecule has 2 amide bonds. The molecule has 3 aromatic rings. The van der Waals surface area contributed by atoms with E-state index in [0.717, 1.165) is 22.8 Å². The normalized spacial score (nSPS) is 13.6. The molecule has 8 nitrogen and oxygen atoms in total. The van der Waals surface area contributed by atoms with Crippen LogP contribution < -0.4 is 19.7 Å². The molecule has 1 aliphatic rings. The van der Waals surface area contributed by atoms with Crippen LogP contribution in [0.4, 0.5) is 16.3 Å². The molecule has 1 N–H and O–H groups in total. The SMILES string of the molecule is COc1ccc(OC)c(-c2ccc(N3CCN(C(=O)Nc4ccccc4)CC3)nn2)c1. The largest absolute Gasteiger partial charge is 0.497 e. The van der Waals surface area contributed by atoms with Crippen LogP contribution in [0.15, 0.2) is 60.7 Å². The summed E-state index contributed by atoms with van der Waals surface area (Å²) in [6.07, 6.45) is 0. The Morgan fingerprint density at radius 3 is 2.32 bits per heavy atom. The van der Waals surface area contributed by atoms with Crippen LogP contribution in [0.1, 0.15) is 0 Å². The van der Waals surface area contributed by atoms with E-state index in [2.05, 4.69) is 20.4 Å². The van der Waals surface area contributed by atoms with Crippen LogP contribution in [-0.2, 0) is 0 Å². The van der Waals surface area contributed by atoms with Gasteiger partial charge >= 0.3 is 6.03 Å². The third-order valence-corrected chi connectivity index (χ3v) is 5.25. The second-order valence-electron chi connectivity index (χ2n) is 7.11. The van der Waals surface area contributed by atoms with Gasteiger partial charge in [-0.1, -0.05) is 18.2 Å². The molecule has 2 aromatic carbocycles. The number of nitrogens with zero attached hydrogens (tertiary/aromatic N) is 4. The van der Waals surface area contributed by atoms with Gasteiger partial charge in [0, 0.05) is 37.4 Å². The Hall–Kier alpha value is -3.81. The van der Waals surface area contributed by atoms with Crippen molar-refractivity contribution in [2.24, 2.45) is 0 Å². The van der Waals surface area contributed by atoms with E-state index >= 15 is 0 Å². The number of hydrogen-bond donors (Lipinski definition) is 1. The molecule has 0 aliphatic carbocycles. The summed E-state index contributed by atoms with van der Waals surface area (Å²) in [7, 11) is 3.25. The minimum absolute atomic E-state index is 0.0857. The molecular formula is C23H25N5O3. The monoisotopic (exact) mass is 419 g/mol. The Morgan fingerprint density at radius 2 is 1.68 bits per heavy atom. The molecule has 31 heavy (non-hydrogen) atoms. The van der Waals surface area contributed by atoms with Crippen LogP contribution in [-0.4, -0.2) is 61.5 Å². The van der Waals surface area contributed by atoms with Gasteiger partial charge in [-0.2, -0.15) is 0 Å². The zero-order valence-electron chi connectivity index (χ0n) is 17.6. The summed E-state index contributed by atoms with van der Waals surface area (Å²) in [5, 5.41) is 11.7. The summed E-state index contributed by atoms with van der Waals surface area (Å²) in [5.74, 6) is 2.22. The number of urea groups is 1. The van der Waals surface area contributed by atoms with Crippen molar-refractivity contribution in [1.82, 2.24) is 15.1 Å². The van der Waals surface area contributed by atoms with Gasteiger partial charge in [-0.05, 0) is 42.5 Å². The van der Waals surface area contributed by atoms with E-state index in [-0.39, 0.29) is 6.03 Å². The zero-order valence-corrected chi connectivity index (χ0v) is 17.6. The predicted octanol–water partition coefficient (Wildman–Crippen LogP) is 3.51. The molecule has 0 spiro atoms. The highest BCUT2D eigenvalue weighted by Gasteiger charge is 2.22. The van der Waals surface area contributed by atoms with Crippen molar-refractivity contribution in [3.63, 3.8) is 0 Å². The van der Waals surface area contributed by atoms with Crippen LogP contribution >= 0.6 is 0 Å². The van der Waals surface area contributed by atoms with Gasteiger partial charge in [0.1, 0.15) is 11.5 Å². The van der Waals surface area contributed by atoms with Crippen LogP contribution in [0.25, 0.3) is 11.3 Å². The third-order valence-electron chi connectivity index (χ3n) is 5.25. The van der Waals surface area contributed by atoms with Gasteiger partial charge in [-0.3, -0.25) is 0 Å². The molecule has 0 radical (unpaired) electrons. The average molecular weight is 419 g/mol. The molecule has 0 unspecified atom stereocenters. The number of benzene rings is 2. The molecule has 1 fully saturated rings. The standard InChI is InChI=1S/C23H25N5O3/c1-30-18-8-10-21(31-2)19(16-18)20-9-11-22(26-25-20)27-12-14-28(15-13-27)23(29)24-17-6-4-3-5-7-17/h3-11,16H,12-15H2,1-2H3,(H,24,29).